The summed E-state index contributed by atoms with van der Waals surface area (Å²) in [7, 11) is 0. The van der Waals surface area contributed by atoms with Crippen LogP contribution in [-0.4, -0.2) is 40.8 Å². The van der Waals surface area contributed by atoms with Gasteiger partial charge in [0.05, 0.1) is 5.41 Å². The first-order valence-electron chi connectivity index (χ1n) is 6.43. The van der Waals surface area contributed by atoms with E-state index in [1.807, 2.05) is 20.8 Å². The molecule has 0 atom stereocenters. The molecule has 5 nitrogen and oxygen atoms in total. The number of ether oxygens (including phenoxy) is 1. The number of likely N-dealkylation sites (tertiary alicyclic amines) is 1. The Bertz CT molecular complexity index is 362. The van der Waals surface area contributed by atoms with Crippen LogP contribution in [0.4, 0.5) is 4.79 Å². The molecule has 2 aliphatic rings. The average molecular weight is 255 g/mol. The average Bonchev–Trinajstić information content (AvgIpc) is 2.87. The Morgan fingerprint density at radius 1 is 1.33 bits per heavy atom. The topological polar surface area (TPSA) is 66.8 Å². The van der Waals surface area contributed by atoms with E-state index in [0.717, 1.165) is 12.8 Å². The second kappa shape index (κ2) is 4.14. The van der Waals surface area contributed by atoms with Crippen molar-refractivity contribution in [3.05, 3.63) is 0 Å². The molecule has 1 saturated heterocycles. The SMILES string of the molecule is CC(C)(C)OC(=O)N1CC(CC2(C(=O)O)CC2)C1. The minimum absolute atomic E-state index is 0.293. The highest BCUT2D eigenvalue weighted by Crippen LogP contribution is 2.52. The number of carboxylic acids is 1. The van der Waals surface area contributed by atoms with Crippen molar-refractivity contribution < 1.29 is 19.4 Å². The van der Waals surface area contributed by atoms with Gasteiger partial charge < -0.3 is 14.7 Å². The summed E-state index contributed by atoms with van der Waals surface area (Å²) in [5, 5.41) is 9.09. The Kier molecular flexibility index (Phi) is 3.03. The molecule has 2 fully saturated rings. The van der Waals surface area contributed by atoms with Gasteiger partial charge in [0.2, 0.25) is 0 Å². The van der Waals surface area contributed by atoms with Crippen LogP contribution < -0.4 is 0 Å². The maximum Gasteiger partial charge on any atom is 0.410 e. The molecule has 0 aromatic heterocycles. The molecule has 0 aromatic rings. The molecule has 5 heteroatoms. The summed E-state index contributed by atoms with van der Waals surface area (Å²) in [6.45, 7) is 6.78. The van der Waals surface area contributed by atoms with Crippen LogP contribution in [0.5, 0.6) is 0 Å². The number of hydrogen-bond donors (Lipinski definition) is 1. The highest BCUT2D eigenvalue weighted by atomic mass is 16.6. The summed E-state index contributed by atoms with van der Waals surface area (Å²) in [6.07, 6.45) is 1.97. The first kappa shape index (κ1) is 13.2. The molecule has 1 amide bonds. The summed E-state index contributed by atoms with van der Waals surface area (Å²) < 4.78 is 5.25. The number of amides is 1. The second-order valence-corrected chi connectivity index (χ2v) is 6.54. The molecule has 0 unspecified atom stereocenters. The highest BCUT2D eigenvalue weighted by molar-refractivity contribution is 5.77. The van der Waals surface area contributed by atoms with E-state index in [2.05, 4.69) is 0 Å². The summed E-state index contributed by atoms with van der Waals surface area (Å²) in [5.74, 6) is -0.366. The minimum Gasteiger partial charge on any atom is -0.481 e. The van der Waals surface area contributed by atoms with Crippen LogP contribution >= 0.6 is 0 Å². The molecule has 2 rings (SSSR count). The van der Waals surface area contributed by atoms with Gasteiger partial charge >= 0.3 is 12.1 Å². The van der Waals surface area contributed by atoms with Crippen LogP contribution in [0, 0.1) is 11.3 Å². The maximum atomic E-state index is 11.7. The Morgan fingerprint density at radius 2 is 1.89 bits per heavy atom. The van der Waals surface area contributed by atoms with Crippen molar-refractivity contribution in [2.24, 2.45) is 11.3 Å². The Hall–Kier alpha value is -1.26. The van der Waals surface area contributed by atoms with Gasteiger partial charge in [-0.15, -0.1) is 0 Å². The lowest BCUT2D eigenvalue weighted by Gasteiger charge is -2.40. The maximum absolute atomic E-state index is 11.7. The van der Waals surface area contributed by atoms with Crippen molar-refractivity contribution in [3.63, 3.8) is 0 Å². The van der Waals surface area contributed by atoms with E-state index in [1.54, 1.807) is 4.90 Å². The second-order valence-electron chi connectivity index (χ2n) is 6.54. The van der Waals surface area contributed by atoms with Gasteiger partial charge in [-0.2, -0.15) is 0 Å². The van der Waals surface area contributed by atoms with Gasteiger partial charge in [-0.25, -0.2) is 4.79 Å². The lowest BCUT2D eigenvalue weighted by molar-refractivity contribution is -0.144. The molecule has 1 aliphatic heterocycles. The fourth-order valence-electron chi connectivity index (χ4n) is 2.38. The van der Waals surface area contributed by atoms with E-state index < -0.39 is 17.0 Å². The van der Waals surface area contributed by atoms with Crippen LogP contribution in [0.25, 0.3) is 0 Å². The van der Waals surface area contributed by atoms with Crippen LogP contribution in [-0.2, 0) is 9.53 Å². The Morgan fingerprint density at radius 3 is 2.28 bits per heavy atom. The number of aliphatic carboxylic acids is 1. The van der Waals surface area contributed by atoms with Crippen molar-refractivity contribution in [3.8, 4) is 0 Å². The summed E-state index contributed by atoms with van der Waals surface area (Å²) in [4.78, 5) is 24.4. The van der Waals surface area contributed by atoms with Gasteiger partial charge in [-0.3, -0.25) is 4.79 Å². The van der Waals surface area contributed by atoms with Crippen LogP contribution in [0.3, 0.4) is 0 Å². The van der Waals surface area contributed by atoms with Gasteiger partial charge in [0.15, 0.2) is 0 Å². The number of hydrogen-bond acceptors (Lipinski definition) is 3. The zero-order valence-corrected chi connectivity index (χ0v) is 11.2. The summed E-state index contributed by atoms with van der Waals surface area (Å²) in [6, 6.07) is 0. The predicted molar refractivity (Wildman–Crippen MR) is 65.2 cm³/mol. The van der Waals surface area contributed by atoms with E-state index in [1.165, 1.54) is 0 Å². The zero-order valence-electron chi connectivity index (χ0n) is 11.2. The fourth-order valence-corrected chi connectivity index (χ4v) is 2.38. The third-order valence-corrected chi connectivity index (χ3v) is 3.60. The molecule has 0 radical (unpaired) electrons. The van der Waals surface area contributed by atoms with Crippen molar-refractivity contribution in [1.29, 1.82) is 0 Å². The van der Waals surface area contributed by atoms with Gasteiger partial charge in [-0.05, 0) is 46.0 Å². The number of carbonyl (C=O) groups is 2. The first-order chi connectivity index (χ1) is 8.22. The minimum atomic E-state index is -0.682. The number of carboxylic acid groups (broad SMARTS) is 1. The molecule has 18 heavy (non-hydrogen) atoms. The monoisotopic (exact) mass is 255 g/mol. The van der Waals surface area contributed by atoms with Crippen molar-refractivity contribution in [2.45, 2.75) is 45.6 Å². The summed E-state index contributed by atoms with van der Waals surface area (Å²) >= 11 is 0. The zero-order chi connectivity index (χ0) is 13.6. The quantitative estimate of drug-likeness (QED) is 0.838. The Labute approximate surface area is 107 Å². The molecular weight excluding hydrogens is 234 g/mol. The lowest BCUT2D eigenvalue weighted by atomic mass is 9.87. The fraction of sp³-hybridized carbons (Fsp3) is 0.846. The normalized spacial score (nSPS) is 22.3. The highest BCUT2D eigenvalue weighted by Gasteiger charge is 2.53. The standard InChI is InChI=1S/C13H21NO4/c1-12(2,3)18-11(17)14-7-9(8-14)6-13(4-5-13)10(15)16/h9H,4-8H2,1-3H3,(H,15,16). The van der Waals surface area contributed by atoms with E-state index >= 15 is 0 Å². The van der Waals surface area contributed by atoms with Gasteiger partial charge in [-0.1, -0.05) is 0 Å². The third kappa shape index (κ3) is 2.76. The molecule has 1 heterocycles. The van der Waals surface area contributed by atoms with Gasteiger partial charge in [0.1, 0.15) is 5.60 Å². The molecule has 0 bridgehead atoms. The van der Waals surface area contributed by atoms with Gasteiger partial charge in [0.25, 0.3) is 0 Å². The van der Waals surface area contributed by atoms with Crippen LogP contribution in [0.15, 0.2) is 0 Å². The van der Waals surface area contributed by atoms with Crippen LogP contribution in [0.2, 0.25) is 0 Å². The lowest BCUT2D eigenvalue weighted by Crippen LogP contribution is -2.52. The van der Waals surface area contributed by atoms with E-state index in [0.29, 0.717) is 25.4 Å². The number of rotatable bonds is 3. The largest absolute Gasteiger partial charge is 0.481 e. The number of nitrogens with zero attached hydrogens (tertiary/aromatic N) is 1. The molecule has 102 valence electrons. The first-order valence-corrected chi connectivity index (χ1v) is 6.43. The molecule has 0 spiro atoms. The van der Waals surface area contributed by atoms with Crippen molar-refractivity contribution >= 4 is 12.1 Å². The van der Waals surface area contributed by atoms with E-state index in [4.69, 9.17) is 9.84 Å². The smallest absolute Gasteiger partial charge is 0.410 e. The van der Waals surface area contributed by atoms with Crippen molar-refractivity contribution in [1.82, 2.24) is 4.90 Å². The molecular formula is C13H21NO4. The predicted octanol–water partition coefficient (Wildman–Crippen LogP) is 2.11. The number of carbonyl (C=O) groups excluding carboxylic acids is 1. The molecule has 1 aliphatic carbocycles. The molecule has 0 aromatic carbocycles. The third-order valence-electron chi connectivity index (χ3n) is 3.60. The summed E-state index contributed by atoms with van der Waals surface area (Å²) in [5.41, 5.74) is -0.953. The molecule has 1 saturated carbocycles. The Balaban J connectivity index is 1.74. The molecule has 1 N–H and O–H groups in total. The van der Waals surface area contributed by atoms with Gasteiger partial charge in [0, 0.05) is 13.1 Å². The van der Waals surface area contributed by atoms with Crippen LogP contribution in [0.1, 0.15) is 40.0 Å². The van der Waals surface area contributed by atoms with Crippen molar-refractivity contribution in [2.75, 3.05) is 13.1 Å². The van der Waals surface area contributed by atoms with E-state index in [-0.39, 0.29) is 6.09 Å². The van der Waals surface area contributed by atoms with E-state index in [9.17, 15) is 9.59 Å².